The molecule has 3 rings (SSSR count). The minimum Gasteiger partial charge on any atom is -0.311 e. The van der Waals surface area contributed by atoms with E-state index in [-0.39, 0.29) is 30.6 Å². The molecule has 0 aromatic heterocycles. The summed E-state index contributed by atoms with van der Waals surface area (Å²) in [6, 6.07) is 4.67. The predicted molar refractivity (Wildman–Crippen MR) is 84.5 cm³/mol. The number of amides is 2. The molecule has 1 fully saturated rings. The molecule has 5 nitrogen and oxygen atoms in total. The van der Waals surface area contributed by atoms with Crippen molar-refractivity contribution in [3.8, 4) is 0 Å². The van der Waals surface area contributed by atoms with Gasteiger partial charge in [0, 0.05) is 24.4 Å². The fraction of sp³-hybridized carbons (Fsp3) is 0.400. The topological polar surface area (TPSA) is 61.8 Å². The highest BCUT2D eigenvalue weighted by atomic mass is 32.2. The number of hydrogen-bond acceptors (Lipinski definition) is 4. The number of hydrogen-bond donors (Lipinski definition) is 1. The molecule has 2 heterocycles. The van der Waals surface area contributed by atoms with Gasteiger partial charge in [-0.2, -0.15) is 0 Å². The Morgan fingerprint density at radius 3 is 3.00 bits per heavy atom. The number of nitrogens with one attached hydrogen (secondary N) is 1. The molecule has 2 aliphatic heterocycles. The molecule has 0 bridgehead atoms. The van der Waals surface area contributed by atoms with Crippen molar-refractivity contribution < 1.29 is 14.0 Å². The zero-order chi connectivity index (χ0) is 15.7. The second kappa shape index (κ2) is 6.08. The Kier molecular flexibility index (Phi) is 4.15. The summed E-state index contributed by atoms with van der Waals surface area (Å²) < 4.78 is 13.7. The third-order valence-electron chi connectivity index (χ3n) is 3.78. The first-order chi connectivity index (χ1) is 10.5. The molecule has 2 amide bonds. The average Bonchev–Trinajstić information content (AvgIpc) is 3.11. The maximum absolute atomic E-state index is 13.7. The summed E-state index contributed by atoms with van der Waals surface area (Å²) in [5, 5.41) is 3.38. The first-order valence-corrected chi connectivity index (χ1v) is 8.08. The molecule has 1 saturated heterocycles. The fourth-order valence-electron chi connectivity index (χ4n) is 2.50. The number of benzene rings is 1. The number of carbonyl (C=O) groups excluding carboxylic acids is 2. The fourth-order valence-corrected chi connectivity index (χ4v) is 3.23. The molecule has 1 aromatic rings. The molecule has 0 aliphatic carbocycles. The van der Waals surface area contributed by atoms with E-state index in [1.54, 1.807) is 19.1 Å². The van der Waals surface area contributed by atoms with Crippen LogP contribution in [0.4, 0.5) is 10.1 Å². The van der Waals surface area contributed by atoms with Crippen molar-refractivity contribution in [3.05, 3.63) is 29.6 Å². The van der Waals surface area contributed by atoms with Crippen molar-refractivity contribution >= 4 is 34.4 Å². The predicted octanol–water partition coefficient (Wildman–Crippen LogP) is 1.71. The highest BCUT2D eigenvalue weighted by Crippen LogP contribution is 2.27. The van der Waals surface area contributed by atoms with Crippen LogP contribution < -0.4 is 10.2 Å². The van der Waals surface area contributed by atoms with Crippen LogP contribution in [0.1, 0.15) is 12.0 Å². The van der Waals surface area contributed by atoms with Gasteiger partial charge in [-0.3, -0.25) is 14.6 Å². The van der Waals surface area contributed by atoms with Gasteiger partial charge in [0.1, 0.15) is 5.82 Å². The van der Waals surface area contributed by atoms with Crippen LogP contribution in [-0.4, -0.2) is 35.8 Å². The van der Waals surface area contributed by atoms with Gasteiger partial charge in [0.25, 0.3) is 0 Å². The summed E-state index contributed by atoms with van der Waals surface area (Å²) in [5.41, 5.74) is 1.02. The minimum atomic E-state index is -0.430. The smallest absolute Gasteiger partial charge is 0.231 e. The highest BCUT2D eigenvalue weighted by Gasteiger charge is 2.35. The lowest BCUT2D eigenvalue weighted by Crippen LogP contribution is -2.35. The van der Waals surface area contributed by atoms with Crippen LogP contribution in [0.2, 0.25) is 0 Å². The molecule has 116 valence electrons. The van der Waals surface area contributed by atoms with Crippen LogP contribution >= 0.6 is 11.8 Å². The molecule has 0 spiro atoms. The summed E-state index contributed by atoms with van der Waals surface area (Å²) in [6.45, 7) is 2.64. The van der Waals surface area contributed by atoms with E-state index in [9.17, 15) is 14.0 Å². The Hall–Kier alpha value is -1.89. The first-order valence-electron chi connectivity index (χ1n) is 7.09. The van der Waals surface area contributed by atoms with E-state index in [2.05, 4.69) is 10.3 Å². The lowest BCUT2D eigenvalue weighted by molar-refractivity contribution is -0.125. The number of aliphatic imine (C=N–C) groups is 1. The lowest BCUT2D eigenvalue weighted by atomic mass is 10.1. The molecule has 0 saturated carbocycles. The summed E-state index contributed by atoms with van der Waals surface area (Å²) in [4.78, 5) is 29.9. The summed E-state index contributed by atoms with van der Waals surface area (Å²) in [6.07, 6.45) is 0.138. The zero-order valence-electron chi connectivity index (χ0n) is 12.1. The van der Waals surface area contributed by atoms with E-state index in [1.807, 2.05) is 0 Å². The molecule has 1 aromatic carbocycles. The third kappa shape index (κ3) is 2.99. The Morgan fingerprint density at radius 2 is 2.32 bits per heavy atom. The zero-order valence-corrected chi connectivity index (χ0v) is 13.0. The number of thioether (sulfide) groups is 1. The van der Waals surface area contributed by atoms with Crippen molar-refractivity contribution in [2.24, 2.45) is 10.9 Å². The number of anilines is 1. The number of halogens is 1. The van der Waals surface area contributed by atoms with Gasteiger partial charge in [-0.05, 0) is 24.6 Å². The normalized spacial score (nSPS) is 21.2. The molecule has 0 unspecified atom stereocenters. The molecular weight excluding hydrogens is 305 g/mol. The van der Waals surface area contributed by atoms with Crippen LogP contribution in [0.15, 0.2) is 23.2 Å². The monoisotopic (exact) mass is 321 g/mol. The van der Waals surface area contributed by atoms with Gasteiger partial charge < -0.3 is 10.2 Å². The summed E-state index contributed by atoms with van der Waals surface area (Å²) >= 11 is 1.50. The molecule has 2 aliphatic rings. The van der Waals surface area contributed by atoms with E-state index in [0.29, 0.717) is 23.0 Å². The van der Waals surface area contributed by atoms with Crippen molar-refractivity contribution in [2.75, 3.05) is 23.7 Å². The van der Waals surface area contributed by atoms with E-state index in [4.69, 9.17) is 0 Å². The minimum absolute atomic E-state index is 0.138. The van der Waals surface area contributed by atoms with Crippen molar-refractivity contribution in [3.63, 3.8) is 0 Å². The quantitative estimate of drug-likeness (QED) is 0.902. The SMILES string of the molecule is Cc1ccc(N2C[C@H](C(=O)NC3=NCCS3)CC2=O)cc1F. The van der Waals surface area contributed by atoms with Gasteiger partial charge in [-0.1, -0.05) is 17.8 Å². The highest BCUT2D eigenvalue weighted by molar-refractivity contribution is 8.14. The number of nitrogens with zero attached hydrogens (tertiary/aromatic N) is 2. The number of carbonyl (C=O) groups is 2. The van der Waals surface area contributed by atoms with Gasteiger partial charge in [-0.25, -0.2) is 4.39 Å². The molecular formula is C15H16FN3O2S. The maximum Gasteiger partial charge on any atom is 0.231 e. The second-order valence-corrected chi connectivity index (χ2v) is 6.45. The van der Waals surface area contributed by atoms with Crippen molar-refractivity contribution in [2.45, 2.75) is 13.3 Å². The van der Waals surface area contributed by atoms with Crippen LogP contribution in [0.25, 0.3) is 0 Å². The Labute approximate surface area is 132 Å². The Balaban J connectivity index is 1.69. The van der Waals surface area contributed by atoms with E-state index in [0.717, 1.165) is 5.75 Å². The number of aryl methyl sites for hydroxylation is 1. The van der Waals surface area contributed by atoms with Crippen LogP contribution in [0, 0.1) is 18.7 Å². The van der Waals surface area contributed by atoms with Crippen LogP contribution in [-0.2, 0) is 9.59 Å². The molecule has 1 N–H and O–H groups in total. The third-order valence-corrected chi connectivity index (χ3v) is 4.67. The Bertz CT molecular complexity index is 662. The molecule has 22 heavy (non-hydrogen) atoms. The summed E-state index contributed by atoms with van der Waals surface area (Å²) in [7, 11) is 0. The first kappa shape index (κ1) is 15.0. The molecule has 7 heteroatoms. The van der Waals surface area contributed by atoms with Gasteiger partial charge >= 0.3 is 0 Å². The van der Waals surface area contributed by atoms with Crippen molar-refractivity contribution in [1.82, 2.24) is 5.32 Å². The van der Waals surface area contributed by atoms with Crippen LogP contribution in [0.3, 0.4) is 0 Å². The number of amidine groups is 1. The van der Waals surface area contributed by atoms with Gasteiger partial charge in [0.05, 0.1) is 12.5 Å². The van der Waals surface area contributed by atoms with Gasteiger partial charge in [0.2, 0.25) is 11.8 Å². The molecule has 0 radical (unpaired) electrons. The van der Waals surface area contributed by atoms with Gasteiger partial charge in [-0.15, -0.1) is 0 Å². The standard InChI is InChI=1S/C15H16FN3O2S/c1-9-2-3-11(7-12(9)16)19-8-10(6-13(19)20)14(21)18-15-17-4-5-22-15/h2-3,7,10H,4-6,8H2,1H3,(H,17,18,21)/t10-/m1/s1. The summed E-state index contributed by atoms with van der Waals surface area (Å²) in [5.74, 6) is -0.273. The second-order valence-electron chi connectivity index (χ2n) is 5.36. The number of rotatable bonds is 2. The van der Waals surface area contributed by atoms with E-state index >= 15 is 0 Å². The largest absolute Gasteiger partial charge is 0.311 e. The lowest BCUT2D eigenvalue weighted by Gasteiger charge is -2.17. The van der Waals surface area contributed by atoms with Gasteiger partial charge in [0.15, 0.2) is 5.17 Å². The average molecular weight is 321 g/mol. The Morgan fingerprint density at radius 1 is 1.50 bits per heavy atom. The van der Waals surface area contributed by atoms with E-state index in [1.165, 1.54) is 22.7 Å². The van der Waals surface area contributed by atoms with Crippen LogP contribution in [0.5, 0.6) is 0 Å². The van der Waals surface area contributed by atoms with E-state index < -0.39 is 5.92 Å². The van der Waals surface area contributed by atoms with Crippen molar-refractivity contribution in [1.29, 1.82) is 0 Å². The molecule has 1 atom stereocenters. The maximum atomic E-state index is 13.7.